The fourth-order valence-electron chi connectivity index (χ4n) is 2.15. The minimum atomic E-state index is -0.223. The molecule has 0 unspecified atom stereocenters. The molecule has 0 saturated carbocycles. The molecule has 6 nitrogen and oxygen atoms in total. The zero-order chi connectivity index (χ0) is 17.8. The van der Waals surface area contributed by atoms with Gasteiger partial charge in [0.05, 0.1) is 5.75 Å². The maximum atomic E-state index is 12.1. The average molecular weight is 376 g/mol. The molecule has 0 aliphatic heterocycles. The van der Waals surface area contributed by atoms with Crippen LogP contribution >= 0.6 is 23.4 Å². The van der Waals surface area contributed by atoms with Crippen LogP contribution in [0.4, 0.5) is 5.69 Å². The summed E-state index contributed by atoms with van der Waals surface area (Å²) in [6.07, 6.45) is 0. The third-order valence-electron chi connectivity index (χ3n) is 3.29. The number of carbonyl (C=O) groups excluding carboxylic acids is 2. The first-order valence-corrected chi connectivity index (χ1v) is 8.72. The molecule has 0 atom stereocenters. The Morgan fingerprint density at radius 2 is 2.08 bits per heavy atom. The Kier molecular flexibility index (Phi) is 5.25. The summed E-state index contributed by atoms with van der Waals surface area (Å²) >= 11 is 7.09. The molecule has 3 rings (SSSR count). The highest BCUT2D eigenvalue weighted by Crippen LogP contribution is 2.25. The highest BCUT2D eigenvalue weighted by molar-refractivity contribution is 7.99. The molecule has 0 fully saturated rings. The van der Waals surface area contributed by atoms with Crippen molar-refractivity contribution in [2.75, 3.05) is 18.1 Å². The van der Waals surface area contributed by atoms with E-state index in [1.807, 2.05) is 0 Å². The number of aromatic nitrogens is 1. The van der Waals surface area contributed by atoms with Crippen molar-refractivity contribution in [2.45, 2.75) is 5.22 Å². The predicted molar refractivity (Wildman–Crippen MR) is 98.2 cm³/mol. The van der Waals surface area contributed by atoms with Gasteiger partial charge in [-0.05, 0) is 30.3 Å². The van der Waals surface area contributed by atoms with E-state index in [1.54, 1.807) is 49.5 Å². The third kappa shape index (κ3) is 4.32. The molecule has 128 valence electrons. The van der Waals surface area contributed by atoms with E-state index in [9.17, 15) is 9.59 Å². The van der Waals surface area contributed by atoms with Gasteiger partial charge in [0, 0.05) is 29.4 Å². The predicted octanol–water partition coefficient (Wildman–Crippen LogP) is 3.57. The molecule has 0 bridgehead atoms. The first-order valence-electron chi connectivity index (χ1n) is 7.36. The van der Waals surface area contributed by atoms with Crippen molar-refractivity contribution in [3.8, 4) is 0 Å². The summed E-state index contributed by atoms with van der Waals surface area (Å²) in [6.45, 7) is 0. The molecular weight excluding hydrogens is 362 g/mol. The van der Waals surface area contributed by atoms with Gasteiger partial charge in [-0.15, -0.1) is 0 Å². The molecular formula is C17H14ClN3O3S. The zero-order valence-corrected chi connectivity index (χ0v) is 14.8. The van der Waals surface area contributed by atoms with Crippen LogP contribution in [-0.2, 0) is 4.79 Å². The number of halogens is 1. The van der Waals surface area contributed by atoms with Gasteiger partial charge < -0.3 is 15.1 Å². The molecule has 0 spiro atoms. The van der Waals surface area contributed by atoms with Crippen molar-refractivity contribution < 1.29 is 14.0 Å². The zero-order valence-electron chi connectivity index (χ0n) is 13.2. The molecule has 0 aliphatic carbocycles. The van der Waals surface area contributed by atoms with E-state index >= 15 is 0 Å². The fourth-order valence-corrected chi connectivity index (χ4v) is 2.95. The quantitative estimate of drug-likeness (QED) is 0.666. The second-order valence-corrected chi connectivity index (χ2v) is 6.45. The molecule has 0 radical (unpaired) electrons. The van der Waals surface area contributed by atoms with Crippen molar-refractivity contribution in [3.05, 3.63) is 53.1 Å². The van der Waals surface area contributed by atoms with Gasteiger partial charge in [-0.2, -0.15) is 0 Å². The lowest BCUT2D eigenvalue weighted by Crippen LogP contribution is -2.18. The van der Waals surface area contributed by atoms with Crippen LogP contribution in [-0.4, -0.2) is 29.6 Å². The smallest absolute Gasteiger partial charge is 0.257 e. The largest absolute Gasteiger partial charge is 0.431 e. The highest BCUT2D eigenvalue weighted by Gasteiger charge is 2.11. The number of anilines is 1. The Bertz CT molecular complexity index is 942. The molecule has 8 heteroatoms. The minimum absolute atomic E-state index is 0.130. The van der Waals surface area contributed by atoms with E-state index in [1.165, 1.54) is 11.8 Å². The number of nitrogens with one attached hydrogen (secondary N) is 2. The van der Waals surface area contributed by atoms with Crippen LogP contribution in [0.1, 0.15) is 10.4 Å². The van der Waals surface area contributed by atoms with Crippen LogP contribution in [0.5, 0.6) is 0 Å². The first-order chi connectivity index (χ1) is 12.0. The third-order valence-corrected chi connectivity index (χ3v) is 4.36. The molecule has 1 aromatic heterocycles. The summed E-state index contributed by atoms with van der Waals surface area (Å²) in [5.74, 6) is -0.306. The number of hydrogen-bond donors (Lipinski definition) is 2. The average Bonchev–Trinajstić information content (AvgIpc) is 3.01. The summed E-state index contributed by atoms with van der Waals surface area (Å²) < 4.78 is 5.55. The topological polar surface area (TPSA) is 84.2 Å². The number of benzene rings is 2. The molecule has 0 saturated heterocycles. The van der Waals surface area contributed by atoms with Crippen LogP contribution < -0.4 is 10.6 Å². The van der Waals surface area contributed by atoms with E-state index in [0.717, 1.165) is 0 Å². The molecule has 2 N–H and O–H groups in total. The Balaban J connectivity index is 1.61. The van der Waals surface area contributed by atoms with Gasteiger partial charge in [-0.3, -0.25) is 9.59 Å². The lowest BCUT2D eigenvalue weighted by molar-refractivity contribution is -0.113. The summed E-state index contributed by atoms with van der Waals surface area (Å²) in [4.78, 5) is 28.0. The van der Waals surface area contributed by atoms with Gasteiger partial charge in [0.1, 0.15) is 5.52 Å². The standard InChI is InChI=1S/C17H14ClN3O3S/c1-19-16(23)10-3-2-4-12(7-10)20-15(22)9-25-17-21-13-6-5-11(18)8-14(13)24-17/h2-8H,9H2,1H3,(H,19,23)(H,20,22). The SMILES string of the molecule is CNC(=O)c1cccc(NC(=O)CSc2nc3ccc(Cl)cc3o2)c1. The number of nitrogens with zero attached hydrogens (tertiary/aromatic N) is 1. The molecule has 3 aromatic rings. The normalized spacial score (nSPS) is 10.6. The maximum Gasteiger partial charge on any atom is 0.257 e. The van der Waals surface area contributed by atoms with Crippen molar-refractivity contribution in [1.29, 1.82) is 0 Å². The summed E-state index contributed by atoms with van der Waals surface area (Å²) in [5, 5.41) is 6.24. The Labute approximate surface area is 152 Å². The van der Waals surface area contributed by atoms with E-state index < -0.39 is 0 Å². The summed E-state index contributed by atoms with van der Waals surface area (Å²) in [7, 11) is 1.55. The molecule has 2 aromatic carbocycles. The number of carbonyl (C=O) groups is 2. The fraction of sp³-hybridized carbons (Fsp3) is 0.118. The first kappa shape index (κ1) is 17.3. The van der Waals surface area contributed by atoms with Crippen molar-refractivity contribution in [2.24, 2.45) is 0 Å². The number of oxazole rings is 1. The van der Waals surface area contributed by atoms with E-state index in [0.29, 0.717) is 32.6 Å². The van der Waals surface area contributed by atoms with Crippen molar-refractivity contribution >= 4 is 52.0 Å². The maximum absolute atomic E-state index is 12.1. The van der Waals surface area contributed by atoms with Gasteiger partial charge in [-0.25, -0.2) is 4.98 Å². The Hall–Kier alpha value is -2.51. The van der Waals surface area contributed by atoms with Gasteiger partial charge in [-0.1, -0.05) is 29.4 Å². The summed E-state index contributed by atoms with van der Waals surface area (Å²) in [5.41, 5.74) is 2.29. The van der Waals surface area contributed by atoms with Gasteiger partial charge in [0.2, 0.25) is 5.91 Å². The molecule has 0 aliphatic rings. The lowest BCUT2D eigenvalue weighted by atomic mass is 10.2. The Morgan fingerprint density at radius 3 is 2.88 bits per heavy atom. The van der Waals surface area contributed by atoms with Crippen LogP contribution in [0.25, 0.3) is 11.1 Å². The molecule has 25 heavy (non-hydrogen) atoms. The number of thioether (sulfide) groups is 1. The van der Waals surface area contributed by atoms with Crippen LogP contribution in [0.2, 0.25) is 5.02 Å². The summed E-state index contributed by atoms with van der Waals surface area (Å²) in [6, 6.07) is 11.9. The number of rotatable bonds is 5. The number of amides is 2. The van der Waals surface area contributed by atoms with Crippen LogP contribution in [0.3, 0.4) is 0 Å². The van der Waals surface area contributed by atoms with Gasteiger partial charge in [0.15, 0.2) is 5.58 Å². The van der Waals surface area contributed by atoms with E-state index in [4.69, 9.17) is 16.0 Å². The monoisotopic (exact) mass is 375 g/mol. The van der Waals surface area contributed by atoms with E-state index in [-0.39, 0.29) is 17.6 Å². The molecule has 2 amide bonds. The van der Waals surface area contributed by atoms with E-state index in [2.05, 4.69) is 15.6 Å². The number of hydrogen-bond acceptors (Lipinski definition) is 5. The van der Waals surface area contributed by atoms with Crippen LogP contribution in [0.15, 0.2) is 52.1 Å². The minimum Gasteiger partial charge on any atom is -0.431 e. The second-order valence-electron chi connectivity index (χ2n) is 5.09. The molecule has 1 heterocycles. The highest BCUT2D eigenvalue weighted by atomic mass is 35.5. The van der Waals surface area contributed by atoms with Crippen molar-refractivity contribution in [1.82, 2.24) is 10.3 Å². The second kappa shape index (κ2) is 7.58. The van der Waals surface area contributed by atoms with Crippen molar-refractivity contribution in [3.63, 3.8) is 0 Å². The van der Waals surface area contributed by atoms with Crippen LogP contribution in [0, 0.1) is 0 Å². The van der Waals surface area contributed by atoms with Gasteiger partial charge in [0.25, 0.3) is 11.1 Å². The number of fused-ring (bicyclic) bond motifs is 1. The Morgan fingerprint density at radius 1 is 1.24 bits per heavy atom. The lowest BCUT2D eigenvalue weighted by Gasteiger charge is -2.06. The van der Waals surface area contributed by atoms with Gasteiger partial charge >= 0.3 is 0 Å².